The lowest BCUT2D eigenvalue weighted by molar-refractivity contribution is 0.0218. The van der Waals surface area contributed by atoms with Crippen LogP contribution in [0.5, 0.6) is 0 Å². The minimum Gasteiger partial charge on any atom is -0.444 e. The number of nitrogens with zero attached hydrogens (tertiary/aromatic N) is 2. The number of ether oxygens (including phenoxy) is 1. The Kier molecular flexibility index (Phi) is 5.11. The molecule has 162 valence electrons. The van der Waals surface area contributed by atoms with Gasteiger partial charge in [-0.1, -0.05) is 35.8 Å². The standard InChI is InChI=1S/C26H28BN3O2/c1-26(2,3)32-25(31)30-12-4-5-23(30)24-28-15-22(29-24)18-8-10-20-16(13-18)6-7-17-14-19(27)9-11-21(17)20/h8-11,13-15,23H,4-7,12H2,1-3H3,(H,28,29)/t23-/m0/s1. The molecule has 0 bridgehead atoms. The number of carbonyl (C=O) groups is 1. The Balaban J connectivity index is 1.40. The van der Waals surface area contributed by atoms with Gasteiger partial charge in [-0.3, -0.25) is 4.90 Å². The smallest absolute Gasteiger partial charge is 0.410 e. The number of aromatic nitrogens is 2. The minimum absolute atomic E-state index is 0.0754. The first kappa shape index (κ1) is 20.9. The van der Waals surface area contributed by atoms with Crippen molar-refractivity contribution in [2.75, 3.05) is 6.54 Å². The monoisotopic (exact) mass is 425 g/mol. The Morgan fingerprint density at radius 2 is 1.84 bits per heavy atom. The van der Waals surface area contributed by atoms with Crippen LogP contribution in [-0.2, 0) is 17.6 Å². The fourth-order valence-corrected chi connectivity index (χ4v) is 4.83. The van der Waals surface area contributed by atoms with Crippen molar-refractivity contribution in [1.82, 2.24) is 14.9 Å². The average Bonchev–Trinajstić information content (AvgIpc) is 3.41. The van der Waals surface area contributed by atoms with Crippen LogP contribution in [0.2, 0.25) is 0 Å². The van der Waals surface area contributed by atoms with Crippen LogP contribution < -0.4 is 5.46 Å². The summed E-state index contributed by atoms with van der Waals surface area (Å²) in [5, 5.41) is 0. The molecule has 1 aliphatic heterocycles. The Hall–Kier alpha value is -3.02. The van der Waals surface area contributed by atoms with Gasteiger partial charge in [-0.05, 0) is 80.3 Å². The summed E-state index contributed by atoms with van der Waals surface area (Å²) in [5.41, 5.74) is 7.61. The molecule has 6 heteroatoms. The van der Waals surface area contributed by atoms with E-state index in [9.17, 15) is 4.79 Å². The Morgan fingerprint density at radius 1 is 1.12 bits per heavy atom. The van der Waals surface area contributed by atoms with Crippen molar-refractivity contribution in [3.8, 4) is 22.4 Å². The minimum atomic E-state index is -0.508. The number of aromatic amines is 1. The lowest BCUT2D eigenvalue weighted by Crippen LogP contribution is -2.36. The molecule has 1 fully saturated rings. The number of imidazole rings is 1. The summed E-state index contributed by atoms with van der Waals surface area (Å²) >= 11 is 0. The molecular formula is C26H28BN3O2. The van der Waals surface area contributed by atoms with E-state index < -0.39 is 5.60 Å². The number of hydrogen-bond donors (Lipinski definition) is 1. The number of nitrogens with one attached hydrogen (secondary N) is 1. The topological polar surface area (TPSA) is 58.2 Å². The van der Waals surface area contributed by atoms with E-state index in [2.05, 4.69) is 40.3 Å². The summed E-state index contributed by atoms with van der Waals surface area (Å²) in [6.45, 7) is 6.37. The first-order valence-electron chi connectivity index (χ1n) is 11.3. The van der Waals surface area contributed by atoms with Gasteiger partial charge in [0.1, 0.15) is 19.3 Å². The zero-order valence-electron chi connectivity index (χ0n) is 18.9. The van der Waals surface area contributed by atoms with Gasteiger partial charge in [0, 0.05) is 6.54 Å². The molecule has 2 heterocycles. The number of fused-ring (bicyclic) bond motifs is 3. The maximum atomic E-state index is 12.7. The number of carbonyl (C=O) groups excluding carboxylic acids is 1. The first-order chi connectivity index (χ1) is 15.3. The van der Waals surface area contributed by atoms with E-state index in [1.807, 2.05) is 33.0 Å². The molecule has 5 rings (SSSR count). The summed E-state index contributed by atoms with van der Waals surface area (Å²) in [6, 6.07) is 12.7. The Labute approximate surface area is 190 Å². The molecule has 1 atom stereocenters. The predicted molar refractivity (Wildman–Crippen MR) is 127 cm³/mol. The number of amides is 1. The van der Waals surface area contributed by atoms with Crippen molar-refractivity contribution >= 4 is 19.4 Å². The highest BCUT2D eigenvalue weighted by Gasteiger charge is 2.34. The van der Waals surface area contributed by atoms with E-state index in [-0.39, 0.29) is 12.1 Å². The number of likely N-dealkylation sites (tertiary alicyclic amines) is 1. The van der Waals surface area contributed by atoms with Crippen LogP contribution in [0.3, 0.4) is 0 Å². The zero-order chi connectivity index (χ0) is 22.5. The fourth-order valence-electron chi connectivity index (χ4n) is 4.83. The highest BCUT2D eigenvalue weighted by atomic mass is 16.6. The molecule has 0 saturated carbocycles. The van der Waals surface area contributed by atoms with Gasteiger partial charge in [0.2, 0.25) is 0 Å². The third-order valence-electron chi connectivity index (χ3n) is 6.29. The molecule has 0 unspecified atom stereocenters. The highest BCUT2D eigenvalue weighted by molar-refractivity contribution is 6.32. The lowest BCUT2D eigenvalue weighted by atomic mass is 9.81. The maximum Gasteiger partial charge on any atom is 0.410 e. The van der Waals surface area contributed by atoms with E-state index in [0.29, 0.717) is 6.54 Å². The van der Waals surface area contributed by atoms with E-state index in [0.717, 1.165) is 48.2 Å². The SMILES string of the molecule is [B]c1ccc2c(c1)CCc1cc(-c3cnc([C@@H]4CCCN4C(=O)OC(C)(C)C)[nH]3)ccc1-2. The molecule has 5 nitrogen and oxygen atoms in total. The number of aryl methyl sites for hydroxylation is 2. The van der Waals surface area contributed by atoms with E-state index in [1.54, 1.807) is 4.90 Å². The Bertz CT molecular complexity index is 1180. The van der Waals surface area contributed by atoms with Gasteiger partial charge >= 0.3 is 6.09 Å². The summed E-state index contributed by atoms with van der Waals surface area (Å²) in [5.74, 6) is 0.821. The molecule has 2 aromatic carbocycles. The van der Waals surface area contributed by atoms with Crippen LogP contribution in [0, 0.1) is 0 Å². The van der Waals surface area contributed by atoms with Crippen molar-refractivity contribution in [2.24, 2.45) is 0 Å². The van der Waals surface area contributed by atoms with Gasteiger partial charge in [0.05, 0.1) is 17.9 Å². The summed E-state index contributed by atoms with van der Waals surface area (Å²) < 4.78 is 5.60. The van der Waals surface area contributed by atoms with Gasteiger partial charge in [-0.2, -0.15) is 0 Å². The van der Waals surface area contributed by atoms with E-state index >= 15 is 0 Å². The largest absolute Gasteiger partial charge is 0.444 e. The molecule has 0 spiro atoms. The summed E-state index contributed by atoms with van der Waals surface area (Å²) in [4.78, 5) is 22.6. The summed E-state index contributed by atoms with van der Waals surface area (Å²) in [6.07, 6.45) is 5.43. The van der Waals surface area contributed by atoms with E-state index in [4.69, 9.17) is 12.6 Å². The van der Waals surface area contributed by atoms with Gasteiger partial charge in [0.15, 0.2) is 0 Å². The average molecular weight is 425 g/mol. The normalized spacial score (nSPS) is 17.7. The second kappa shape index (κ2) is 7.84. The van der Waals surface area contributed by atoms with Crippen molar-refractivity contribution in [1.29, 1.82) is 0 Å². The van der Waals surface area contributed by atoms with Crippen molar-refractivity contribution in [3.63, 3.8) is 0 Å². The van der Waals surface area contributed by atoms with Crippen LogP contribution >= 0.6 is 0 Å². The zero-order valence-corrected chi connectivity index (χ0v) is 18.9. The van der Waals surface area contributed by atoms with Crippen LogP contribution in [-0.4, -0.2) is 41.0 Å². The molecule has 3 aromatic rings. The molecule has 1 saturated heterocycles. The fraction of sp³-hybridized carbons (Fsp3) is 0.385. The van der Waals surface area contributed by atoms with Gasteiger partial charge < -0.3 is 9.72 Å². The maximum absolute atomic E-state index is 12.7. The van der Waals surface area contributed by atoms with Crippen LogP contribution in [0.4, 0.5) is 4.79 Å². The molecule has 1 aromatic heterocycles. The van der Waals surface area contributed by atoms with Crippen LogP contribution in [0.1, 0.15) is 56.6 Å². The van der Waals surface area contributed by atoms with Crippen molar-refractivity contribution in [3.05, 3.63) is 59.5 Å². The molecule has 1 N–H and O–H groups in total. The predicted octanol–water partition coefficient (Wildman–Crippen LogP) is 4.71. The van der Waals surface area contributed by atoms with Gasteiger partial charge in [-0.15, -0.1) is 0 Å². The summed E-state index contributed by atoms with van der Waals surface area (Å²) in [7, 11) is 5.97. The van der Waals surface area contributed by atoms with Crippen LogP contribution in [0.25, 0.3) is 22.4 Å². The van der Waals surface area contributed by atoms with Crippen molar-refractivity contribution in [2.45, 2.75) is 58.1 Å². The molecule has 32 heavy (non-hydrogen) atoms. The molecule has 2 aliphatic rings. The number of hydrogen-bond acceptors (Lipinski definition) is 3. The van der Waals surface area contributed by atoms with Gasteiger partial charge in [0.25, 0.3) is 0 Å². The Morgan fingerprint density at radius 3 is 2.59 bits per heavy atom. The molecular weight excluding hydrogens is 397 g/mol. The first-order valence-corrected chi connectivity index (χ1v) is 11.3. The van der Waals surface area contributed by atoms with E-state index in [1.165, 1.54) is 22.3 Å². The number of benzene rings is 2. The quantitative estimate of drug-likeness (QED) is 0.605. The van der Waals surface area contributed by atoms with Gasteiger partial charge in [-0.25, -0.2) is 9.78 Å². The molecule has 2 radical (unpaired) electrons. The van der Waals surface area contributed by atoms with Crippen molar-refractivity contribution < 1.29 is 9.53 Å². The second-order valence-corrected chi connectivity index (χ2v) is 9.80. The highest BCUT2D eigenvalue weighted by Crippen LogP contribution is 2.36. The number of H-pyrrole nitrogens is 1. The lowest BCUT2D eigenvalue weighted by Gasteiger charge is -2.27. The second-order valence-electron chi connectivity index (χ2n) is 9.80. The number of rotatable bonds is 2. The van der Waals surface area contributed by atoms with Crippen LogP contribution in [0.15, 0.2) is 42.6 Å². The molecule has 1 amide bonds. The third kappa shape index (κ3) is 3.94. The molecule has 1 aliphatic carbocycles. The third-order valence-corrected chi connectivity index (χ3v) is 6.29.